The quantitative estimate of drug-likeness (QED) is 0.537. The molecule has 6 heteroatoms. The molecule has 0 atom stereocenters. The Balaban J connectivity index is 2.54. The summed E-state index contributed by atoms with van der Waals surface area (Å²) >= 11 is 1.32. The van der Waals surface area contributed by atoms with E-state index >= 15 is 0 Å². The fourth-order valence-electron chi connectivity index (χ4n) is 0.495. The number of nitrogens with zero attached hydrogens (tertiary/aromatic N) is 1. The molecule has 0 aromatic heterocycles. The molecular formula is C4H7NO3S2. The first kappa shape index (κ1) is 7.87. The third-order valence-electron chi connectivity index (χ3n) is 0.780. The molecule has 1 heterocycles. The Bertz CT molecular complexity index is 243. The lowest BCUT2D eigenvalue weighted by Crippen LogP contribution is -2.06. The number of aliphatic imine (C=N–C) groups is 1. The largest absolute Gasteiger partial charge is 0.356 e. The molecule has 0 saturated carbocycles. The van der Waals surface area contributed by atoms with Crippen LogP contribution in [0.4, 0.5) is 0 Å². The Labute approximate surface area is 63.8 Å². The van der Waals surface area contributed by atoms with E-state index in [1.165, 1.54) is 11.8 Å². The van der Waals surface area contributed by atoms with E-state index in [-0.39, 0.29) is 5.23 Å². The molecule has 0 radical (unpaired) electrons. The molecule has 0 aromatic carbocycles. The summed E-state index contributed by atoms with van der Waals surface area (Å²) in [6.45, 7) is 0.648. The highest BCUT2D eigenvalue weighted by atomic mass is 32.2. The van der Waals surface area contributed by atoms with Crippen LogP contribution in [0.3, 0.4) is 0 Å². The number of thioether (sulfide) groups is 1. The smallest absolute Gasteiger partial charge is 0.308 e. The van der Waals surface area contributed by atoms with Gasteiger partial charge in [-0.25, -0.2) is 4.99 Å². The van der Waals surface area contributed by atoms with Crippen LogP contribution in [0.25, 0.3) is 0 Å². The van der Waals surface area contributed by atoms with E-state index in [4.69, 9.17) is 0 Å². The summed E-state index contributed by atoms with van der Waals surface area (Å²) in [5, 5.41) is 0.266. The van der Waals surface area contributed by atoms with Gasteiger partial charge in [0.05, 0.1) is 12.8 Å². The van der Waals surface area contributed by atoms with Gasteiger partial charge in [0, 0.05) is 5.75 Å². The fraction of sp³-hybridized carbons (Fsp3) is 0.750. The number of hydrogen-bond donors (Lipinski definition) is 0. The van der Waals surface area contributed by atoms with Crippen molar-refractivity contribution in [3.63, 3.8) is 0 Å². The molecule has 0 aromatic rings. The van der Waals surface area contributed by atoms with Gasteiger partial charge in [-0.05, 0) is 0 Å². The van der Waals surface area contributed by atoms with Crippen LogP contribution in [0.15, 0.2) is 4.99 Å². The van der Waals surface area contributed by atoms with Crippen LogP contribution in [0, 0.1) is 0 Å². The van der Waals surface area contributed by atoms with E-state index in [0.717, 1.165) is 12.0 Å². The van der Waals surface area contributed by atoms with Crippen molar-refractivity contribution in [1.29, 1.82) is 0 Å². The molecule has 0 amide bonds. The van der Waals surface area contributed by atoms with Gasteiger partial charge in [0.2, 0.25) is 0 Å². The Morgan fingerprint density at radius 1 is 1.70 bits per heavy atom. The molecule has 0 saturated heterocycles. The molecule has 1 aliphatic heterocycles. The zero-order valence-corrected chi connectivity index (χ0v) is 7.04. The third-order valence-corrected chi connectivity index (χ3v) is 2.19. The van der Waals surface area contributed by atoms with Crippen molar-refractivity contribution >= 4 is 27.1 Å². The van der Waals surface area contributed by atoms with Crippen LogP contribution in [0.1, 0.15) is 0 Å². The van der Waals surface area contributed by atoms with E-state index in [1.807, 2.05) is 0 Å². The summed E-state index contributed by atoms with van der Waals surface area (Å²) in [4.78, 5) is 3.80. The van der Waals surface area contributed by atoms with Crippen LogP contribution >= 0.6 is 11.8 Å². The standard InChI is InChI=1S/C4H7NO3S2/c1-10(6,7)8-4-5-2-3-9-4/h2-3H2,1H3. The average molecular weight is 181 g/mol. The van der Waals surface area contributed by atoms with Gasteiger partial charge in [-0.3, -0.25) is 0 Å². The summed E-state index contributed by atoms with van der Waals surface area (Å²) < 4.78 is 25.4. The zero-order chi connectivity index (χ0) is 7.61. The topological polar surface area (TPSA) is 55.7 Å². The zero-order valence-electron chi connectivity index (χ0n) is 5.40. The van der Waals surface area contributed by atoms with Gasteiger partial charge in [-0.15, -0.1) is 0 Å². The SMILES string of the molecule is CS(=O)(=O)OC1=NCCS1. The average Bonchev–Trinajstić information content (AvgIpc) is 2.12. The van der Waals surface area contributed by atoms with Crippen molar-refractivity contribution in [3.05, 3.63) is 0 Å². The van der Waals surface area contributed by atoms with E-state index in [2.05, 4.69) is 9.18 Å². The van der Waals surface area contributed by atoms with E-state index in [0.29, 0.717) is 6.54 Å². The van der Waals surface area contributed by atoms with Crippen molar-refractivity contribution in [3.8, 4) is 0 Å². The van der Waals surface area contributed by atoms with Crippen molar-refractivity contribution in [2.24, 2.45) is 4.99 Å². The Hall–Kier alpha value is -0.230. The van der Waals surface area contributed by atoms with E-state index < -0.39 is 10.1 Å². The van der Waals surface area contributed by atoms with Gasteiger partial charge in [-0.2, -0.15) is 8.42 Å². The van der Waals surface area contributed by atoms with Crippen molar-refractivity contribution < 1.29 is 12.6 Å². The lowest BCUT2D eigenvalue weighted by atomic mass is 10.8. The summed E-state index contributed by atoms with van der Waals surface area (Å²) in [6.07, 6.45) is 1.01. The summed E-state index contributed by atoms with van der Waals surface area (Å²) in [6, 6.07) is 0. The lowest BCUT2D eigenvalue weighted by Gasteiger charge is -1.97. The van der Waals surface area contributed by atoms with Gasteiger partial charge in [-0.1, -0.05) is 11.8 Å². The van der Waals surface area contributed by atoms with Crippen LogP contribution in [-0.4, -0.2) is 32.2 Å². The molecule has 4 nitrogen and oxygen atoms in total. The maximum atomic E-state index is 10.5. The number of rotatable bonds is 1. The molecule has 0 spiro atoms. The fourth-order valence-corrected chi connectivity index (χ4v) is 1.91. The first-order chi connectivity index (χ1) is 4.58. The third kappa shape index (κ3) is 2.57. The molecule has 1 rings (SSSR count). The summed E-state index contributed by atoms with van der Waals surface area (Å²) in [7, 11) is -3.36. The molecule has 58 valence electrons. The molecule has 0 unspecified atom stereocenters. The normalized spacial score (nSPS) is 18.7. The van der Waals surface area contributed by atoms with Gasteiger partial charge >= 0.3 is 10.1 Å². The Morgan fingerprint density at radius 3 is 2.80 bits per heavy atom. The molecule has 0 bridgehead atoms. The predicted octanol–water partition coefficient (Wildman–Crippen LogP) is 0.0654. The molecule has 0 aliphatic carbocycles. The minimum atomic E-state index is -3.36. The summed E-state index contributed by atoms with van der Waals surface area (Å²) in [5.41, 5.74) is 0. The van der Waals surface area contributed by atoms with Crippen LogP contribution in [0.5, 0.6) is 0 Å². The molecule has 10 heavy (non-hydrogen) atoms. The van der Waals surface area contributed by atoms with Crippen molar-refractivity contribution in [2.75, 3.05) is 18.6 Å². The Morgan fingerprint density at radius 2 is 2.40 bits per heavy atom. The van der Waals surface area contributed by atoms with E-state index in [1.54, 1.807) is 0 Å². The minimum Gasteiger partial charge on any atom is -0.356 e. The predicted molar refractivity (Wildman–Crippen MR) is 40.7 cm³/mol. The molecule has 0 N–H and O–H groups in total. The second kappa shape index (κ2) is 2.79. The van der Waals surface area contributed by atoms with E-state index in [9.17, 15) is 8.42 Å². The van der Waals surface area contributed by atoms with Crippen LogP contribution in [0.2, 0.25) is 0 Å². The van der Waals surface area contributed by atoms with Crippen LogP contribution in [-0.2, 0) is 14.3 Å². The van der Waals surface area contributed by atoms with Crippen LogP contribution < -0.4 is 0 Å². The van der Waals surface area contributed by atoms with Gasteiger partial charge < -0.3 is 4.18 Å². The Kier molecular flexibility index (Phi) is 2.20. The minimum absolute atomic E-state index is 0.266. The summed E-state index contributed by atoms with van der Waals surface area (Å²) in [5.74, 6) is 0.810. The lowest BCUT2D eigenvalue weighted by molar-refractivity contribution is 0.495. The van der Waals surface area contributed by atoms with Gasteiger partial charge in [0.15, 0.2) is 0 Å². The first-order valence-corrected chi connectivity index (χ1v) is 5.45. The highest BCUT2D eigenvalue weighted by molar-refractivity contribution is 8.14. The van der Waals surface area contributed by atoms with Crippen molar-refractivity contribution in [1.82, 2.24) is 0 Å². The highest BCUT2D eigenvalue weighted by Gasteiger charge is 2.13. The maximum Gasteiger partial charge on any atom is 0.308 e. The van der Waals surface area contributed by atoms with Gasteiger partial charge in [0.1, 0.15) is 0 Å². The second-order valence-electron chi connectivity index (χ2n) is 1.78. The molecule has 0 fully saturated rings. The molecular weight excluding hydrogens is 174 g/mol. The van der Waals surface area contributed by atoms with Crippen molar-refractivity contribution in [2.45, 2.75) is 0 Å². The second-order valence-corrected chi connectivity index (χ2v) is 4.40. The monoisotopic (exact) mass is 181 g/mol. The molecule has 1 aliphatic rings. The number of hydrogen-bond acceptors (Lipinski definition) is 5. The highest BCUT2D eigenvalue weighted by Crippen LogP contribution is 2.13. The maximum absolute atomic E-state index is 10.5. The van der Waals surface area contributed by atoms with Gasteiger partial charge in [0.25, 0.3) is 5.23 Å². The first-order valence-electron chi connectivity index (χ1n) is 2.65.